The largest absolute Gasteiger partial charge is 0.465 e. The molecule has 0 aromatic rings. The zero-order valence-corrected chi connectivity index (χ0v) is 10.7. The van der Waals surface area contributed by atoms with E-state index in [1.807, 2.05) is 0 Å². The van der Waals surface area contributed by atoms with Gasteiger partial charge in [-0.05, 0) is 13.8 Å². The van der Waals surface area contributed by atoms with Crippen LogP contribution in [0.15, 0.2) is 0 Å². The third kappa shape index (κ3) is 4.70. The molecule has 0 aromatic heterocycles. The fourth-order valence-electron chi connectivity index (χ4n) is 1.54. The molecule has 2 atom stereocenters. The molecule has 18 heavy (non-hydrogen) atoms. The molecule has 102 valence electrons. The molecule has 2 N–H and O–H groups in total. The summed E-state index contributed by atoms with van der Waals surface area (Å²) in [5.41, 5.74) is 0. The van der Waals surface area contributed by atoms with E-state index in [1.165, 1.54) is 0 Å². The van der Waals surface area contributed by atoms with Crippen molar-refractivity contribution in [2.24, 2.45) is 0 Å². The standard InChI is InChI=1S/C11H18N2O5/c1-3-17-10(15)5-12-9(14)7-13-6-8(13)11(16)18-4-2/h8H,3-7H2,1-2H3,(H,12,14)/p+1/t8-,13?/m0/s1. The van der Waals surface area contributed by atoms with E-state index >= 15 is 0 Å². The number of rotatable bonds is 7. The van der Waals surface area contributed by atoms with Gasteiger partial charge >= 0.3 is 11.9 Å². The Hall–Kier alpha value is -1.63. The number of esters is 2. The molecule has 7 nitrogen and oxygen atoms in total. The summed E-state index contributed by atoms with van der Waals surface area (Å²) < 4.78 is 9.51. The topological polar surface area (TPSA) is 86.1 Å². The van der Waals surface area contributed by atoms with Gasteiger partial charge in [0.1, 0.15) is 13.1 Å². The molecular weight excluding hydrogens is 240 g/mol. The number of hydrogen-bond donors (Lipinski definition) is 2. The molecule has 0 saturated carbocycles. The van der Waals surface area contributed by atoms with E-state index < -0.39 is 5.97 Å². The van der Waals surface area contributed by atoms with E-state index in [0.29, 0.717) is 13.2 Å². The molecule has 1 saturated heterocycles. The number of carbonyl (C=O) groups excluding carboxylic acids is 3. The Balaban J connectivity index is 2.15. The van der Waals surface area contributed by atoms with Crippen LogP contribution >= 0.6 is 0 Å². The molecule has 1 aliphatic heterocycles. The maximum absolute atomic E-state index is 11.4. The molecule has 1 amide bonds. The van der Waals surface area contributed by atoms with Crippen LogP contribution in [-0.4, -0.2) is 56.7 Å². The first-order valence-corrected chi connectivity index (χ1v) is 6.02. The lowest BCUT2D eigenvalue weighted by Gasteiger charge is -2.04. The van der Waals surface area contributed by atoms with Gasteiger partial charge in [0.15, 0.2) is 6.54 Å². The molecule has 1 aliphatic rings. The quantitative estimate of drug-likeness (QED) is 0.390. The molecule has 0 bridgehead atoms. The van der Waals surface area contributed by atoms with Crippen LogP contribution < -0.4 is 10.2 Å². The van der Waals surface area contributed by atoms with Crippen LogP contribution in [0.3, 0.4) is 0 Å². The van der Waals surface area contributed by atoms with Gasteiger partial charge in [-0.15, -0.1) is 0 Å². The number of nitrogens with one attached hydrogen (secondary N) is 2. The second kappa shape index (κ2) is 6.95. The van der Waals surface area contributed by atoms with Crippen LogP contribution in [0.25, 0.3) is 0 Å². The van der Waals surface area contributed by atoms with Gasteiger partial charge in [0.25, 0.3) is 5.91 Å². The molecule has 0 radical (unpaired) electrons. The Kier molecular flexibility index (Phi) is 5.57. The van der Waals surface area contributed by atoms with Gasteiger partial charge in [-0.2, -0.15) is 0 Å². The average Bonchev–Trinajstić information content (AvgIpc) is 3.06. The summed E-state index contributed by atoms with van der Waals surface area (Å²) in [4.78, 5) is 34.6. The first kappa shape index (κ1) is 14.4. The summed E-state index contributed by atoms with van der Waals surface area (Å²) in [6.45, 7) is 4.71. The van der Waals surface area contributed by atoms with Gasteiger partial charge in [-0.25, -0.2) is 4.79 Å². The SMILES string of the molecule is CCOC(=O)CNC(=O)C[NH+]1C[C@H]1C(=O)OCC. The average molecular weight is 259 g/mol. The maximum atomic E-state index is 11.4. The van der Waals surface area contributed by atoms with Crippen molar-refractivity contribution in [2.75, 3.05) is 32.8 Å². The molecule has 7 heteroatoms. The van der Waals surface area contributed by atoms with Crippen LogP contribution in [0.2, 0.25) is 0 Å². The van der Waals surface area contributed by atoms with Crippen molar-refractivity contribution in [1.29, 1.82) is 0 Å². The van der Waals surface area contributed by atoms with Gasteiger partial charge in [0.05, 0.1) is 13.2 Å². The molecule has 1 fully saturated rings. The first-order valence-electron chi connectivity index (χ1n) is 6.02. The summed E-state index contributed by atoms with van der Waals surface area (Å²) in [5.74, 6) is -1.01. The lowest BCUT2D eigenvalue weighted by Crippen LogP contribution is -2.97. The molecule has 1 heterocycles. The van der Waals surface area contributed by atoms with E-state index in [0.717, 1.165) is 4.90 Å². The minimum Gasteiger partial charge on any atom is -0.465 e. The highest BCUT2D eigenvalue weighted by molar-refractivity contribution is 5.83. The zero-order chi connectivity index (χ0) is 13.5. The number of carbonyl (C=O) groups is 3. The van der Waals surface area contributed by atoms with Crippen LogP contribution in [-0.2, 0) is 23.9 Å². The van der Waals surface area contributed by atoms with Gasteiger partial charge in [0.2, 0.25) is 6.04 Å². The Morgan fingerprint density at radius 2 is 1.89 bits per heavy atom. The summed E-state index contributed by atoms with van der Waals surface area (Å²) in [6, 6.07) is -0.238. The minimum absolute atomic E-state index is 0.135. The van der Waals surface area contributed by atoms with Crippen molar-refractivity contribution in [1.82, 2.24) is 5.32 Å². The van der Waals surface area contributed by atoms with Crippen LogP contribution in [0.5, 0.6) is 0 Å². The highest BCUT2D eigenvalue weighted by atomic mass is 16.5. The van der Waals surface area contributed by atoms with Gasteiger partial charge < -0.3 is 19.7 Å². The van der Waals surface area contributed by atoms with Crippen molar-refractivity contribution >= 4 is 17.8 Å². The Morgan fingerprint density at radius 3 is 2.50 bits per heavy atom. The maximum Gasteiger partial charge on any atom is 0.371 e. The third-order valence-corrected chi connectivity index (χ3v) is 2.49. The number of amides is 1. The summed E-state index contributed by atoms with van der Waals surface area (Å²) in [5, 5.41) is 2.44. The fourth-order valence-corrected chi connectivity index (χ4v) is 1.54. The van der Waals surface area contributed by atoms with E-state index in [1.54, 1.807) is 13.8 Å². The Morgan fingerprint density at radius 1 is 1.22 bits per heavy atom. The van der Waals surface area contributed by atoms with Crippen LogP contribution in [0, 0.1) is 0 Å². The summed E-state index contributed by atoms with van der Waals surface area (Å²) in [7, 11) is 0. The molecular formula is C11H19N2O5+. The lowest BCUT2D eigenvalue weighted by atomic mass is 10.5. The Labute approximate surface area is 105 Å². The smallest absolute Gasteiger partial charge is 0.371 e. The third-order valence-electron chi connectivity index (χ3n) is 2.49. The lowest BCUT2D eigenvalue weighted by molar-refractivity contribution is -0.759. The highest BCUT2D eigenvalue weighted by Crippen LogP contribution is 1.92. The predicted molar refractivity (Wildman–Crippen MR) is 60.8 cm³/mol. The molecule has 0 spiro atoms. The van der Waals surface area contributed by atoms with E-state index in [4.69, 9.17) is 4.74 Å². The van der Waals surface area contributed by atoms with Gasteiger partial charge in [0, 0.05) is 0 Å². The van der Waals surface area contributed by atoms with Crippen molar-refractivity contribution in [3.05, 3.63) is 0 Å². The summed E-state index contributed by atoms with van der Waals surface area (Å²) >= 11 is 0. The number of ether oxygens (including phenoxy) is 2. The van der Waals surface area contributed by atoms with Crippen LogP contribution in [0.4, 0.5) is 0 Å². The van der Waals surface area contributed by atoms with Crippen molar-refractivity contribution in [3.8, 4) is 0 Å². The summed E-state index contributed by atoms with van der Waals surface area (Å²) in [6.07, 6.45) is 0. The van der Waals surface area contributed by atoms with Crippen molar-refractivity contribution in [3.63, 3.8) is 0 Å². The highest BCUT2D eigenvalue weighted by Gasteiger charge is 2.48. The Bertz CT molecular complexity index is 331. The predicted octanol–water partition coefficient (Wildman–Crippen LogP) is -2.50. The van der Waals surface area contributed by atoms with E-state index in [-0.39, 0.29) is 37.6 Å². The number of quaternary nitrogens is 1. The fraction of sp³-hybridized carbons (Fsp3) is 0.727. The number of hydrogen-bond acceptors (Lipinski definition) is 5. The second-order valence-corrected chi connectivity index (χ2v) is 3.93. The van der Waals surface area contributed by atoms with E-state index in [2.05, 4.69) is 10.1 Å². The van der Waals surface area contributed by atoms with E-state index in [9.17, 15) is 14.4 Å². The normalized spacial score (nSPS) is 21.0. The second-order valence-electron chi connectivity index (χ2n) is 3.93. The zero-order valence-electron chi connectivity index (χ0n) is 10.7. The first-order chi connectivity index (χ1) is 8.58. The minimum atomic E-state index is -0.464. The van der Waals surface area contributed by atoms with Gasteiger partial charge in [-0.3, -0.25) is 9.59 Å². The van der Waals surface area contributed by atoms with Crippen LogP contribution in [0.1, 0.15) is 13.8 Å². The molecule has 0 aromatic carbocycles. The monoisotopic (exact) mass is 259 g/mol. The molecule has 1 unspecified atom stereocenters. The molecule has 1 rings (SSSR count). The van der Waals surface area contributed by atoms with Crippen molar-refractivity contribution < 1.29 is 28.8 Å². The van der Waals surface area contributed by atoms with Gasteiger partial charge in [-0.1, -0.05) is 0 Å². The van der Waals surface area contributed by atoms with Crippen molar-refractivity contribution in [2.45, 2.75) is 19.9 Å². The molecule has 0 aliphatic carbocycles.